The fourth-order valence-corrected chi connectivity index (χ4v) is 3.80. The lowest BCUT2D eigenvalue weighted by Crippen LogP contribution is -2.29. The van der Waals surface area contributed by atoms with Crippen molar-refractivity contribution in [1.82, 2.24) is 14.5 Å². The Balaban J connectivity index is 1.86. The van der Waals surface area contributed by atoms with E-state index in [1.54, 1.807) is 6.20 Å². The van der Waals surface area contributed by atoms with Gasteiger partial charge in [0.15, 0.2) is 0 Å². The number of aryl methyl sites for hydroxylation is 1. The summed E-state index contributed by atoms with van der Waals surface area (Å²) in [7, 11) is 1.92. The highest BCUT2D eigenvalue weighted by Crippen LogP contribution is 2.44. The number of fused-ring (bicyclic) bond motifs is 3. The van der Waals surface area contributed by atoms with Crippen LogP contribution in [0.5, 0.6) is 0 Å². The summed E-state index contributed by atoms with van der Waals surface area (Å²) in [6.07, 6.45) is 4.43. The standard InChI is InChI=1S/C20H21N5O/c1-20(2)9-12-10-22-19(23-13-7-5-4-6-8-13)24-16(12)17-15(20)14(18(21)26)11-25(17)3/h4-8,10-11H,9H2,1-3H3,(H2,21,26)(H,22,23,24). The number of carbonyl (C=O) groups excluding carboxylic acids is 1. The highest BCUT2D eigenvalue weighted by atomic mass is 16.1. The molecular weight excluding hydrogens is 326 g/mol. The first kappa shape index (κ1) is 16.3. The van der Waals surface area contributed by atoms with E-state index in [-0.39, 0.29) is 5.41 Å². The van der Waals surface area contributed by atoms with Crippen molar-refractivity contribution < 1.29 is 4.79 Å². The van der Waals surface area contributed by atoms with Crippen molar-refractivity contribution in [3.63, 3.8) is 0 Å². The van der Waals surface area contributed by atoms with Crippen LogP contribution in [0.4, 0.5) is 11.6 Å². The second kappa shape index (κ2) is 5.69. The van der Waals surface area contributed by atoms with E-state index in [0.29, 0.717) is 11.5 Å². The van der Waals surface area contributed by atoms with E-state index < -0.39 is 5.91 Å². The minimum Gasteiger partial charge on any atom is -0.366 e. The molecule has 1 aromatic carbocycles. The number of primary amides is 1. The van der Waals surface area contributed by atoms with Gasteiger partial charge in [0.25, 0.3) is 5.91 Å². The molecule has 0 saturated carbocycles. The van der Waals surface area contributed by atoms with Crippen molar-refractivity contribution in [3.05, 3.63) is 59.4 Å². The van der Waals surface area contributed by atoms with E-state index in [1.165, 1.54) is 0 Å². The molecule has 0 atom stereocenters. The summed E-state index contributed by atoms with van der Waals surface area (Å²) in [5.74, 6) is 0.123. The van der Waals surface area contributed by atoms with E-state index in [1.807, 2.05) is 48.1 Å². The fourth-order valence-electron chi connectivity index (χ4n) is 3.80. The van der Waals surface area contributed by atoms with Crippen LogP contribution in [-0.2, 0) is 18.9 Å². The molecule has 6 nitrogen and oxygen atoms in total. The van der Waals surface area contributed by atoms with Crippen LogP contribution in [0.3, 0.4) is 0 Å². The van der Waals surface area contributed by atoms with E-state index in [4.69, 9.17) is 10.7 Å². The molecule has 1 aliphatic carbocycles. The highest BCUT2D eigenvalue weighted by Gasteiger charge is 2.38. The van der Waals surface area contributed by atoms with Gasteiger partial charge in [0.1, 0.15) is 0 Å². The molecule has 0 aliphatic heterocycles. The van der Waals surface area contributed by atoms with Crippen molar-refractivity contribution in [3.8, 4) is 11.4 Å². The molecule has 0 bridgehead atoms. The minimum absolute atomic E-state index is 0.217. The van der Waals surface area contributed by atoms with Gasteiger partial charge in [0.2, 0.25) is 5.95 Å². The highest BCUT2D eigenvalue weighted by molar-refractivity contribution is 5.97. The van der Waals surface area contributed by atoms with Crippen LogP contribution >= 0.6 is 0 Å². The summed E-state index contributed by atoms with van der Waals surface area (Å²) < 4.78 is 1.94. The molecular formula is C20H21N5O. The van der Waals surface area contributed by atoms with Crippen LogP contribution in [0, 0.1) is 0 Å². The van der Waals surface area contributed by atoms with Gasteiger partial charge in [0, 0.05) is 25.1 Å². The van der Waals surface area contributed by atoms with Gasteiger partial charge >= 0.3 is 0 Å². The van der Waals surface area contributed by atoms with Crippen LogP contribution < -0.4 is 11.1 Å². The number of carbonyl (C=O) groups is 1. The normalized spacial score (nSPS) is 14.4. The summed E-state index contributed by atoms with van der Waals surface area (Å²) in [6.45, 7) is 4.24. The van der Waals surface area contributed by atoms with Crippen molar-refractivity contribution in [1.29, 1.82) is 0 Å². The summed E-state index contributed by atoms with van der Waals surface area (Å²) in [5, 5.41) is 3.23. The number of amides is 1. The summed E-state index contributed by atoms with van der Waals surface area (Å²) in [5.41, 5.74) is 10.7. The van der Waals surface area contributed by atoms with E-state index in [0.717, 1.165) is 34.6 Å². The number of nitrogens with one attached hydrogen (secondary N) is 1. The summed E-state index contributed by atoms with van der Waals surface area (Å²) in [6, 6.07) is 9.80. The molecule has 3 aromatic rings. The van der Waals surface area contributed by atoms with Gasteiger partial charge in [-0.1, -0.05) is 32.0 Å². The summed E-state index contributed by atoms with van der Waals surface area (Å²) >= 11 is 0. The van der Waals surface area contributed by atoms with Crippen LogP contribution in [0.25, 0.3) is 11.4 Å². The maximum absolute atomic E-state index is 12.0. The molecule has 1 aliphatic rings. The SMILES string of the molecule is Cn1cc(C(N)=O)c2c1-c1nc(Nc3ccccc3)ncc1CC2(C)C. The van der Waals surface area contributed by atoms with Crippen LogP contribution in [0.15, 0.2) is 42.7 Å². The molecule has 0 saturated heterocycles. The molecule has 0 unspecified atom stereocenters. The number of benzene rings is 1. The number of aromatic nitrogens is 3. The third-order valence-corrected chi connectivity index (χ3v) is 4.87. The molecule has 2 aromatic heterocycles. The molecule has 26 heavy (non-hydrogen) atoms. The van der Waals surface area contributed by atoms with Crippen molar-refractivity contribution in [2.45, 2.75) is 25.7 Å². The summed E-state index contributed by atoms with van der Waals surface area (Å²) in [4.78, 5) is 21.2. The molecule has 132 valence electrons. The monoisotopic (exact) mass is 347 g/mol. The van der Waals surface area contributed by atoms with Crippen molar-refractivity contribution >= 4 is 17.5 Å². The lowest BCUT2D eigenvalue weighted by Gasteiger charge is -2.32. The molecule has 6 heteroatoms. The average Bonchev–Trinajstić information content (AvgIpc) is 2.95. The quantitative estimate of drug-likeness (QED) is 0.762. The minimum atomic E-state index is -0.407. The first-order chi connectivity index (χ1) is 12.4. The van der Waals surface area contributed by atoms with E-state index >= 15 is 0 Å². The van der Waals surface area contributed by atoms with Gasteiger partial charge in [-0.25, -0.2) is 9.97 Å². The zero-order valence-electron chi connectivity index (χ0n) is 15.1. The predicted octanol–water partition coefficient (Wildman–Crippen LogP) is 3.16. The lowest BCUT2D eigenvalue weighted by molar-refractivity contribution is 0.0998. The number of hydrogen-bond donors (Lipinski definition) is 2. The largest absolute Gasteiger partial charge is 0.366 e. The molecule has 0 fully saturated rings. The Kier molecular flexibility index (Phi) is 3.57. The van der Waals surface area contributed by atoms with Gasteiger partial charge in [0.05, 0.1) is 17.0 Å². The van der Waals surface area contributed by atoms with Gasteiger partial charge < -0.3 is 15.6 Å². The third-order valence-electron chi connectivity index (χ3n) is 4.87. The predicted molar refractivity (Wildman–Crippen MR) is 101 cm³/mol. The van der Waals surface area contributed by atoms with Gasteiger partial charge in [-0.05, 0) is 35.1 Å². The Morgan fingerprint density at radius 1 is 1.27 bits per heavy atom. The lowest BCUT2D eigenvalue weighted by atomic mass is 9.73. The van der Waals surface area contributed by atoms with Gasteiger partial charge in [-0.3, -0.25) is 4.79 Å². The van der Waals surface area contributed by atoms with Crippen LogP contribution in [0.1, 0.15) is 35.3 Å². The number of nitrogens with zero attached hydrogens (tertiary/aromatic N) is 3. The third kappa shape index (κ3) is 2.54. The molecule has 4 rings (SSSR count). The first-order valence-electron chi connectivity index (χ1n) is 8.55. The smallest absolute Gasteiger partial charge is 0.250 e. The molecule has 1 amide bonds. The van der Waals surface area contributed by atoms with Crippen molar-refractivity contribution in [2.24, 2.45) is 12.8 Å². The molecule has 0 spiro atoms. The molecule has 0 radical (unpaired) electrons. The second-order valence-corrected chi connectivity index (χ2v) is 7.36. The topological polar surface area (TPSA) is 85.8 Å². The second-order valence-electron chi connectivity index (χ2n) is 7.36. The van der Waals surface area contributed by atoms with Gasteiger partial charge in [-0.15, -0.1) is 0 Å². The van der Waals surface area contributed by atoms with Crippen molar-refractivity contribution in [2.75, 3.05) is 5.32 Å². The zero-order valence-corrected chi connectivity index (χ0v) is 15.1. The van der Waals surface area contributed by atoms with E-state index in [9.17, 15) is 4.79 Å². The Labute approximate surface area is 152 Å². The average molecular weight is 347 g/mol. The maximum atomic E-state index is 12.0. The fraction of sp³-hybridized carbons (Fsp3) is 0.250. The Hall–Kier alpha value is -3.15. The number of nitrogens with two attached hydrogens (primary N) is 1. The number of hydrogen-bond acceptors (Lipinski definition) is 4. The van der Waals surface area contributed by atoms with E-state index in [2.05, 4.69) is 24.1 Å². The Bertz CT molecular complexity index is 1000. The number of para-hydroxylation sites is 1. The maximum Gasteiger partial charge on any atom is 0.250 e. The van der Waals surface area contributed by atoms with Crippen LogP contribution in [-0.4, -0.2) is 20.4 Å². The number of anilines is 2. The Morgan fingerprint density at radius 3 is 2.69 bits per heavy atom. The molecule has 3 N–H and O–H groups in total. The first-order valence-corrected chi connectivity index (χ1v) is 8.55. The molecule has 2 heterocycles. The Morgan fingerprint density at radius 2 is 2.00 bits per heavy atom. The zero-order chi connectivity index (χ0) is 18.5. The van der Waals surface area contributed by atoms with Gasteiger partial charge in [-0.2, -0.15) is 0 Å². The van der Waals surface area contributed by atoms with Crippen LogP contribution in [0.2, 0.25) is 0 Å². The number of rotatable bonds is 3.